The summed E-state index contributed by atoms with van der Waals surface area (Å²) in [5.74, 6) is -0.285. The molecule has 5 nitrogen and oxygen atoms in total. The maximum Gasteiger partial charge on any atom is 0.341 e. The van der Waals surface area contributed by atoms with E-state index in [-0.39, 0.29) is 12.2 Å². The van der Waals surface area contributed by atoms with Gasteiger partial charge in [0.05, 0.1) is 12.2 Å². The fourth-order valence-corrected chi connectivity index (χ4v) is 3.06. The summed E-state index contributed by atoms with van der Waals surface area (Å²) in [5, 5.41) is 8.73. The SMILES string of the molecule is O=C(O)COc1ccccc1CN1CCC2(CCO2)CC1. The van der Waals surface area contributed by atoms with E-state index >= 15 is 0 Å². The van der Waals surface area contributed by atoms with E-state index in [1.54, 1.807) is 0 Å². The van der Waals surface area contributed by atoms with Gasteiger partial charge in [-0.15, -0.1) is 0 Å². The van der Waals surface area contributed by atoms with Gasteiger partial charge in [0.25, 0.3) is 0 Å². The van der Waals surface area contributed by atoms with E-state index < -0.39 is 5.97 Å². The first-order valence-electron chi connectivity index (χ1n) is 7.46. The fraction of sp³-hybridized carbons (Fsp3) is 0.562. The molecular weight excluding hydrogens is 270 g/mol. The summed E-state index contributed by atoms with van der Waals surface area (Å²) in [4.78, 5) is 13.0. The molecule has 5 heteroatoms. The number of piperidine rings is 1. The minimum Gasteiger partial charge on any atom is -0.482 e. The third-order valence-electron chi connectivity index (χ3n) is 4.45. The number of rotatable bonds is 5. The quantitative estimate of drug-likeness (QED) is 0.898. The molecule has 3 rings (SSSR count). The van der Waals surface area contributed by atoms with Crippen LogP contribution in [0.25, 0.3) is 0 Å². The van der Waals surface area contributed by atoms with Crippen LogP contribution in [0.15, 0.2) is 24.3 Å². The van der Waals surface area contributed by atoms with Crippen molar-refractivity contribution in [1.29, 1.82) is 0 Å². The summed E-state index contributed by atoms with van der Waals surface area (Å²) in [5.41, 5.74) is 1.21. The molecule has 0 bridgehead atoms. The Bertz CT molecular complexity index is 503. The number of carboxylic acid groups (broad SMARTS) is 1. The van der Waals surface area contributed by atoms with Crippen LogP contribution < -0.4 is 4.74 Å². The summed E-state index contributed by atoms with van der Waals surface area (Å²) in [6.07, 6.45) is 3.37. The Hall–Kier alpha value is -1.59. The summed E-state index contributed by atoms with van der Waals surface area (Å²) < 4.78 is 11.1. The van der Waals surface area contributed by atoms with Crippen molar-refractivity contribution in [3.63, 3.8) is 0 Å². The van der Waals surface area contributed by atoms with E-state index in [2.05, 4.69) is 4.90 Å². The first-order chi connectivity index (χ1) is 10.2. The lowest BCUT2D eigenvalue weighted by Crippen LogP contribution is -2.52. The Morgan fingerprint density at radius 2 is 2.00 bits per heavy atom. The van der Waals surface area contributed by atoms with Crippen LogP contribution >= 0.6 is 0 Å². The lowest BCUT2D eigenvalue weighted by atomic mass is 9.84. The smallest absolute Gasteiger partial charge is 0.341 e. The van der Waals surface area contributed by atoms with Crippen LogP contribution in [0, 0.1) is 0 Å². The Labute approximate surface area is 124 Å². The normalized spacial score (nSPS) is 21.0. The van der Waals surface area contributed by atoms with Gasteiger partial charge in [-0.1, -0.05) is 18.2 Å². The highest BCUT2D eigenvalue weighted by Crippen LogP contribution is 2.37. The Balaban J connectivity index is 1.58. The molecule has 2 aliphatic rings. The van der Waals surface area contributed by atoms with Gasteiger partial charge in [0.1, 0.15) is 5.75 Å². The summed E-state index contributed by atoms with van der Waals surface area (Å²) in [6, 6.07) is 7.66. The molecule has 2 fully saturated rings. The van der Waals surface area contributed by atoms with E-state index in [4.69, 9.17) is 14.6 Å². The largest absolute Gasteiger partial charge is 0.482 e. The van der Waals surface area contributed by atoms with E-state index in [1.807, 2.05) is 24.3 Å². The lowest BCUT2D eigenvalue weighted by Gasteiger charge is -2.47. The molecule has 0 atom stereocenters. The molecule has 2 heterocycles. The van der Waals surface area contributed by atoms with Crippen molar-refractivity contribution in [2.75, 3.05) is 26.3 Å². The summed E-state index contributed by atoms with van der Waals surface area (Å²) >= 11 is 0. The van der Waals surface area contributed by atoms with E-state index in [0.29, 0.717) is 5.75 Å². The van der Waals surface area contributed by atoms with Gasteiger partial charge in [0, 0.05) is 25.2 Å². The molecular formula is C16H21NO4. The number of ether oxygens (including phenoxy) is 2. The van der Waals surface area contributed by atoms with Gasteiger partial charge in [-0.3, -0.25) is 4.90 Å². The zero-order valence-electron chi connectivity index (χ0n) is 12.1. The fourth-order valence-electron chi connectivity index (χ4n) is 3.06. The van der Waals surface area contributed by atoms with Crippen LogP contribution in [0.4, 0.5) is 0 Å². The Kier molecular flexibility index (Phi) is 4.12. The van der Waals surface area contributed by atoms with Gasteiger partial charge in [0.2, 0.25) is 0 Å². The van der Waals surface area contributed by atoms with Gasteiger partial charge < -0.3 is 14.6 Å². The third-order valence-corrected chi connectivity index (χ3v) is 4.45. The number of nitrogens with zero attached hydrogens (tertiary/aromatic N) is 1. The highest BCUT2D eigenvalue weighted by molar-refractivity contribution is 5.68. The average Bonchev–Trinajstić information content (AvgIpc) is 2.45. The topological polar surface area (TPSA) is 59.0 Å². The molecule has 1 aromatic rings. The highest BCUT2D eigenvalue weighted by atomic mass is 16.5. The second-order valence-electron chi connectivity index (χ2n) is 5.85. The minimum atomic E-state index is -0.952. The van der Waals surface area contributed by atoms with Gasteiger partial charge in [0.15, 0.2) is 6.61 Å². The molecule has 1 aromatic carbocycles. The number of para-hydroxylation sites is 1. The van der Waals surface area contributed by atoms with Crippen molar-refractivity contribution >= 4 is 5.97 Å². The standard InChI is InChI=1S/C16H21NO4/c18-15(19)12-20-14-4-2-1-3-13(14)11-17-8-5-16(6-9-17)7-10-21-16/h1-4H,5-12H2,(H,18,19). The van der Waals surface area contributed by atoms with E-state index in [0.717, 1.165) is 44.6 Å². The molecule has 0 aliphatic carbocycles. The van der Waals surface area contributed by atoms with Crippen LogP contribution in [0.3, 0.4) is 0 Å². The molecule has 0 saturated carbocycles. The molecule has 2 saturated heterocycles. The molecule has 1 N–H and O–H groups in total. The van der Waals surface area contributed by atoms with Gasteiger partial charge in [-0.2, -0.15) is 0 Å². The summed E-state index contributed by atoms with van der Waals surface area (Å²) in [7, 11) is 0. The maximum atomic E-state index is 10.6. The highest BCUT2D eigenvalue weighted by Gasteiger charge is 2.40. The lowest BCUT2D eigenvalue weighted by molar-refractivity contribution is -0.173. The van der Waals surface area contributed by atoms with Gasteiger partial charge in [-0.25, -0.2) is 4.79 Å². The van der Waals surface area contributed by atoms with Crippen LogP contribution in [0.1, 0.15) is 24.8 Å². The van der Waals surface area contributed by atoms with Crippen molar-refractivity contribution in [3.8, 4) is 5.75 Å². The Morgan fingerprint density at radius 1 is 1.29 bits per heavy atom. The summed E-state index contributed by atoms with van der Waals surface area (Å²) in [6.45, 7) is 3.45. The molecule has 0 aromatic heterocycles. The first-order valence-corrected chi connectivity index (χ1v) is 7.46. The van der Waals surface area contributed by atoms with Crippen LogP contribution in [-0.2, 0) is 16.1 Å². The number of benzene rings is 1. The number of carboxylic acids is 1. The predicted octanol–water partition coefficient (Wildman–Crippen LogP) is 1.90. The van der Waals surface area contributed by atoms with Crippen LogP contribution in [0.2, 0.25) is 0 Å². The van der Waals surface area contributed by atoms with Crippen molar-refractivity contribution in [1.82, 2.24) is 4.90 Å². The average molecular weight is 291 g/mol. The number of aliphatic carboxylic acids is 1. The first kappa shape index (κ1) is 14.4. The second kappa shape index (κ2) is 6.03. The van der Waals surface area contributed by atoms with Crippen molar-refractivity contribution in [3.05, 3.63) is 29.8 Å². The third kappa shape index (κ3) is 3.36. The minimum absolute atomic E-state index is 0.163. The van der Waals surface area contributed by atoms with Crippen molar-refractivity contribution in [2.24, 2.45) is 0 Å². The number of hydrogen-bond acceptors (Lipinski definition) is 4. The zero-order chi connectivity index (χ0) is 14.7. The number of hydrogen-bond donors (Lipinski definition) is 1. The molecule has 0 amide bonds. The van der Waals surface area contributed by atoms with E-state index in [9.17, 15) is 4.79 Å². The van der Waals surface area contributed by atoms with Gasteiger partial charge in [-0.05, 0) is 25.3 Å². The molecule has 2 aliphatic heterocycles. The van der Waals surface area contributed by atoms with E-state index in [1.165, 1.54) is 6.42 Å². The second-order valence-corrected chi connectivity index (χ2v) is 5.85. The zero-order valence-corrected chi connectivity index (χ0v) is 12.1. The molecule has 0 unspecified atom stereocenters. The van der Waals surface area contributed by atoms with Crippen LogP contribution in [0.5, 0.6) is 5.75 Å². The number of carbonyl (C=O) groups is 1. The predicted molar refractivity (Wildman–Crippen MR) is 77.4 cm³/mol. The van der Waals surface area contributed by atoms with Crippen molar-refractivity contribution in [2.45, 2.75) is 31.4 Å². The van der Waals surface area contributed by atoms with Gasteiger partial charge >= 0.3 is 5.97 Å². The molecule has 0 radical (unpaired) electrons. The van der Waals surface area contributed by atoms with Crippen molar-refractivity contribution < 1.29 is 19.4 Å². The Morgan fingerprint density at radius 3 is 2.62 bits per heavy atom. The van der Waals surface area contributed by atoms with Crippen LogP contribution in [-0.4, -0.2) is 47.9 Å². The maximum absolute atomic E-state index is 10.6. The number of likely N-dealkylation sites (tertiary alicyclic amines) is 1. The molecule has 21 heavy (non-hydrogen) atoms. The molecule has 114 valence electrons. The monoisotopic (exact) mass is 291 g/mol. The molecule has 1 spiro atoms.